The number of rotatable bonds is 2. The zero-order chi connectivity index (χ0) is 14.1. The fraction of sp³-hybridized carbons (Fsp3) is 0.357. The summed E-state index contributed by atoms with van der Waals surface area (Å²) < 4.78 is 0. The van der Waals surface area contributed by atoms with Gasteiger partial charge in [0.15, 0.2) is 0 Å². The van der Waals surface area contributed by atoms with Crippen LogP contribution in [0.1, 0.15) is 6.92 Å². The molecule has 1 aromatic heterocycles. The van der Waals surface area contributed by atoms with E-state index in [0.29, 0.717) is 22.6 Å². The van der Waals surface area contributed by atoms with Crippen LogP contribution < -0.4 is 10.2 Å². The summed E-state index contributed by atoms with van der Waals surface area (Å²) in [6.45, 7) is 4.47. The third-order valence-corrected chi connectivity index (χ3v) is 3.63. The molecular formula is C14H16N4O2. The van der Waals surface area contributed by atoms with Gasteiger partial charge in [0.2, 0.25) is 0 Å². The van der Waals surface area contributed by atoms with E-state index in [1.165, 1.54) is 0 Å². The summed E-state index contributed by atoms with van der Waals surface area (Å²) in [4.78, 5) is 17.5. The molecule has 2 aromatic rings. The second-order valence-electron chi connectivity index (χ2n) is 5.06. The van der Waals surface area contributed by atoms with E-state index in [0.717, 1.165) is 19.6 Å². The van der Waals surface area contributed by atoms with Crippen LogP contribution in [0.25, 0.3) is 10.9 Å². The molecule has 1 atom stereocenters. The van der Waals surface area contributed by atoms with E-state index in [9.17, 15) is 10.1 Å². The Hall–Kier alpha value is -2.21. The van der Waals surface area contributed by atoms with Gasteiger partial charge >= 0.3 is 5.69 Å². The maximum absolute atomic E-state index is 11.5. The van der Waals surface area contributed by atoms with Gasteiger partial charge in [-0.1, -0.05) is 0 Å². The molecule has 1 aliphatic rings. The van der Waals surface area contributed by atoms with Gasteiger partial charge in [0.05, 0.1) is 15.8 Å². The Kier molecular flexibility index (Phi) is 3.23. The summed E-state index contributed by atoms with van der Waals surface area (Å²) >= 11 is 0. The fourth-order valence-corrected chi connectivity index (χ4v) is 2.72. The predicted molar refractivity (Wildman–Crippen MR) is 78.1 cm³/mol. The molecule has 0 saturated carbocycles. The molecule has 1 aromatic carbocycles. The van der Waals surface area contributed by atoms with Crippen LogP contribution >= 0.6 is 0 Å². The lowest BCUT2D eigenvalue weighted by Crippen LogP contribution is -2.49. The minimum absolute atomic E-state index is 0.157. The van der Waals surface area contributed by atoms with Gasteiger partial charge in [-0.05, 0) is 31.2 Å². The highest BCUT2D eigenvalue weighted by molar-refractivity contribution is 5.94. The largest absolute Gasteiger partial charge is 0.363 e. The lowest BCUT2D eigenvalue weighted by Gasteiger charge is -2.33. The van der Waals surface area contributed by atoms with Crippen molar-refractivity contribution in [1.82, 2.24) is 10.3 Å². The van der Waals surface area contributed by atoms with E-state index >= 15 is 0 Å². The zero-order valence-electron chi connectivity index (χ0n) is 11.2. The van der Waals surface area contributed by atoms with Gasteiger partial charge in [-0.25, -0.2) is 0 Å². The minimum atomic E-state index is -0.300. The zero-order valence-corrected chi connectivity index (χ0v) is 11.2. The number of benzene rings is 1. The summed E-state index contributed by atoms with van der Waals surface area (Å²) in [6, 6.07) is 7.48. The van der Waals surface area contributed by atoms with Crippen molar-refractivity contribution >= 4 is 22.3 Å². The van der Waals surface area contributed by atoms with Gasteiger partial charge in [0.25, 0.3) is 0 Å². The molecule has 6 heteroatoms. The van der Waals surface area contributed by atoms with E-state index in [2.05, 4.69) is 22.1 Å². The molecule has 0 spiro atoms. The first-order valence-corrected chi connectivity index (χ1v) is 6.67. The molecule has 1 saturated heterocycles. The topological polar surface area (TPSA) is 71.3 Å². The molecule has 6 nitrogen and oxygen atoms in total. The monoisotopic (exact) mass is 272 g/mol. The van der Waals surface area contributed by atoms with Gasteiger partial charge in [-0.2, -0.15) is 0 Å². The molecule has 1 fully saturated rings. The molecule has 1 N–H and O–H groups in total. The Morgan fingerprint density at radius 3 is 3.05 bits per heavy atom. The van der Waals surface area contributed by atoms with E-state index in [-0.39, 0.29) is 10.6 Å². The van der Waals surface area contributed by atoms with Crippen molar-refractivity contribution in [2.45, 2.75) is 13.0 Å². The average Bonchev–Trinajstić information content (AvgIpc) is 2.45. The van der Waals surface area contributed by atoms with Crippen LogP contribution in [0.15, 0.2) is 30.5 Å². The van der Waals surface area contributed by atoms with E-state index in [4.69, 9.17) is 0 Å². The number of hydrogen-bond acceptors (Lipinski definition) is 5. The van der Waals surface area contributed by atoms with Gasteiger partial charge in [0, 0.05) is 31.9 Å². The second kappa shape index (κ2) is 5.05. The highest BCUT2D eigenvalue weighted by Gasteiger charge is 2.25. The molecule has 0 aliphatic carbocycles. The van der Waals surface area contributed by atoms with E-state index in [1.54, 1.807) is 18.3 Å². The molecule has 20 heavy (non-hydrogen) atoms. The Bertz CT molecular complexity index is 659. The Balaban J connectivity index is 2.14. The smallest absolute Gasteiger partial charge is 0.301 e. The molecule has 2 heterocycles. The van der Waals surface area contributed by atoms with E-state index < -0.39 is 0 Å². The lowest BCUT2D eigenvalue weighted by atomic mass is 10.1. The highest BCUT2D eigenvalue weighted by Crippen LogP contribution is 2.35. The maximum Gasteiger partial charge on any atom is 0.301 e. The second-order valence-corrected chi connectivity index (χ2v) is 5.06. The first-order chi connectivity index (χ1) is 9.66. The Labute approximate surface area is 116 Å². The Morgan fingerprint density at radius 2 is 2.30 bits per heavy atom. The minimum Gasteiger partial charge on any atom is -0.363 e. The number of nitro benzene ring substituents is 1. The quantitative estimate of drug-likeness (QED) is 0.668. The van der Waals surface area contributed by atoms with Gasteiger partial charge in [-0.15, -0.1) is 0 Å². The number of hydrogen-bond donors (Lipinski definition) is 1. The van der Waals surface area contributed by atoms with Crippen molar-refractivity contribution in [1.29, 1.82) is 0 Å². The van der Waals surface area contributed by atoms with Crippen LogP contribution in [0.4, 0.5) is 11.4 Å². The van der Waals surface area contributed by atoms with Gasteiger partial charge in [0.1, 0.15) is 5.69 Å². The summed E-state index contributed by atoms with van der Waals surface area (Å²) in [5, 5.41) is 15.4. The van der Waals surface area contributed by atoms with Crippen LogP contribution in [0.5, 0.6) is 0 Å². The molecule has 104 valence electrons. The average molecular weight is 272 g/mol. The van der Waals surface area contributed by atoms with Gasteiger partial charge in [-0.3, -0.25) is 15.1 Å². The molecule has 0 amide bonds. The number of fused-ring (bicyclic) bond motifs is 1. The summed E-state index contributed by atoms with van der Waals surface area (Å²) in [7, 11) is 0. The first-order valence-electron chi connectivity index (χ1n) is 6.67. The van der Waals surface area contributed by atoms with E-state index in [1.807, 2.05) is 12.1 Å². The first kappa shape index (κ1) is 12.8. The van der Waals surface area contributed by atoms with Crippen molar-refractivity contribution in [3.05, 3.63) is 40.6 Å². The van der Waals surface area contributed by atoms with Crippen molar-refractivity contribution in [2.75, 3.05) is 24.5 Å². The summed E-state index contributed by atoms with van der Waals surface area (Å²) in [6.07, 6.45) is 1.65. The van der Waals surface area contributed by atoms with Crippen molar-refractivity contribution < 1.29 is 4.92 Å². The predicted octanol–water partition coefficient (Wildman–Crippen LogP) is 1.94. The number of nitrogens with one attached hydrogen (secondary N) is 1. The molecule has 0 radical (unpaired) electrons. The molecule has 0 bridgehead atoms. The number of aromatic nitrogens is 1. The molecule has 3 rings (SSSR count). The van der Waals surface area contributed by atoms with Crippen LogP contribution in [-0.2, 0) is 0 Å². The normalized spacial score (nSPS) is 19.2. The van der Waals surface area contributed by atoms with Crippen molar-refractivity contribution in [2.24, 2.45) is 0 Å². The number of piperazine rings is 1. The van der Waals surface area contributed by atoms with Crippen LogP contribution in [0.3, 0.4) is 0 Å². The van der Waals surface area contributed by atoms with Crippen LogP contribution in [-0.4, -0.2) is 35.6 Å². The summed E-state index contributed by atoms with van der Waals surface area (Å²) in [5.74, 6) is 0. The van der Waals surface area contributed by atoms with Crippen LogP contribution in [0.2, 0.25) is 0 Å². The molecule has 1 unspecified atom stereocenters. The third-order valence-electron chi connectivity index (χ3n) is 3.63. The number of pyridine rings is 1. The van der Waals surface area contributed by atoms with Gasteiger partial charge < -0.3 is 10.2 Å². The standard InChI is InChI=1S/C14H16N4O2/c1-10-9-17(8-7-15-10)13-5-4-12-11(3-2-6-16-12)14(13)18(19)20/h2-6,10,15H,7-9H2,1H3. The maximum atomic E-state index is 11.5. The number of anilines is 1. The molecule has 1 aliphatic heterocycles. The third kappa shape index (κ3) is 2.18. The highest BCUT2D eigenvalue weighted by atomic mass is 16.6. The summed E-state index contributed by atoms with van der Waals surface area (Å²) in [5.41, 5.74) is 1.50. The molecular weight excluding hydrogens is 256 g/mol. The van der Waals surface area contributed by atoms with Crippen molar-refractivity contribution in [3.8, 4) is 0 Å². The number of nitrogens with zero attached hydrogens (tertiary/aromatic N) is 3. The van der Waals surface area contributed by atoms with Crippen LogP contribution in [0, 0.1) is 10.1 Å². The lowest BCUT2D eigenvalue weighted by molar-refractivity contribution is -0.382. The SMILES string of the molecule is CC1CN(c2ccc3ncccc3c2[N+](=O)[O-])CCN1. The number of nitro groups is 1. The van der Waals surface area contributed by atoms with Crippen molar-refractivity contribution in [3.63, 3.8) is 0 Å². The fourth-order valence-electron chi connectivity index (χ4n) is 2.72. The Morgan fingerprint density at radius 1 is 1.45 bits per heavy atom.